The zero-order chi connectivity index (χ0) is 26.6. The van der Waals surface area contributed by atoms with Gasteiger partial charge in [0.1, 0.15) is 18.2 Å². The Morgan fingerprint density at radius 2 is 1.44 bits per heavy atom. The smallest absolute Gasteiger partial charge is 0.249 e. The molecule has 15 heteroatoms. The maximum Gasteiger partial charge on any atom is 0.249 e. The fraction of sp³-hybridized carbons (Fsp3) is 0.333. The topological polar surface area (TPSA) is 96.0 Å². The average molecular weight is 539 g/mol. The van der Waals surface area contributed by atoms with Crippen LogP contribution in [0.15, 0.2) is 29.2 Å². The summed E-state index contributed by atoms with van der Waals surface area (Å²) in [7, 11) is -4.44. The van der Waals surface area contributed by atoms with Crippen LogP contribution >= 0.6 is 0 Å². The molecule has 196 valence electrons. The number of Topliss-reactive ketones (excluding diaryl/α,β-unsaturated/α-hetero) is 1. The third kappa shape index (κ3) is 6.14. The lowest BCUT2D eigenvalue weighted by atomic mass is 10.3. The van der Waals surface area contributed by atoms with Crippen LogP contribution in [-0.4, -0.2) is 75.2 Å². The van der Waals surface area contributed by atoms with E-state index in [-0.39, 0.29) is 38.8 Å². The summed E-state index contributed by atoms with van der Waals surface area (Å²) in [5.74, 6) is -12.4. The number of ketones is 1. The number of hydrogen-bond donors (Lipinski definition) is 1. The highest BCUT2D eigenvalue weighted by Crippen LogP contribution is 2.26. The lowest BCUT2D eigenvalue weighted by Crippen LogP contribution is -2.51. The second kappa shape index (κ2) is 11.3. The number of sulfonamides is 1. The number of ether oxygens (including phenoxy) is 1. The van der Waals surface area contributed by atoms with Crippen molar-refractivity contribution in [3.63, 3.8) is 0 Å². The second-order valence-corrected chi connectivity index (χ2v) is 9.51. The molecule has 0 saturated carbocycles. The van der Waals surface area contributed by atoms with Gasteiger partial charge < -0.3 is 10.1 Å². The highest BCUT2D eigenvalue weighted by Gasteiger charge is 2.33. The molecule has 0 bridgehead atoms. The van der Waals surface area contributed by atoms with E-state index in [9.17, 15) is 44.3 Å². The summed E-state index contributed by atoms with van der Waals surface area (Å²) in [4.78, 5) is 24.4. The summed E-state index contributed by atoms with van der Waals surface area (Å²) < 4.78 is 112. The molecular weight excluding hydrogens is 520 g/mol. The van der Waals surface area contributed by atoms with Gasteiger partial charge in [-0.05, 0) is 12.1 Å². The van der Waals surface area contributed by atoms with Gasteiger partial charge in [-0.2, -0.15) is 13.1 Å². The van der Waals surface area contributed by atoms with Crippen molar-refractivity contribution in [2.45, 2.75) is 4.90 Å². The van der Waals surface area contributed by atoms with Crippen LogP contribution < -0.4 is 10.1 Å². The Morgan fingerprint density at radius 3 is 2.00 bits per heavy atom. The van der Waals surface area contributed by atoms with E-state index in [2.05, 4.69) is 10.1 Å². The van der Waals surface area contributed by atoms with Crippen LogP contribution in [0.1, 0.15) is 0 Å². The van der Waals surface area contributed by atoms with E-state index in [1.807, 2.05) is 0 Å². The molecule has 0 atom stereocenters. The minimum absolute atomic E-state index is 0.0208. The average Bonchev–Trinajstić information content (AvgIpc) is 2.81. The fourth-order valence-corrected chi connectivity index (χ4v) is 4.86. The minimum Gasteiger partial charge on any atom is -0.479 e. The number of piperazine rings is 1. The van der Waals surface area contributed by atoms with Crippen molar-refractivity contribution in [3.8, 4) is 5.75 Å². The molecule has 1 amide bonds. The summed E-state index contributed by atoms with van der Waals surface area (Å²) >= 11 is 0. The monoisotopic (exact) mass is 539 g/mol. The molecule has 0 radical (unpaired) electrons. The first-order valence-electron chi connectivity index (χ1n) is 10.3. The van der Waals surface area contributed by atoms with Gasteiger partial charge in [0.2, 0.25) is 27.6 Å². The number of benzene rings is 2. The second-order valence-electron chi connectivity index (χ2n) is 7.63. The van der Waals surface area contributed by atoms with Crippen LogP contribution in [0.2, 0.25) is 0 Å². The molecule has 1 aliphatic heterocycles. The van der Waals surface area contributed by atoms with E-state index in [0.717, 1.165) is 22.5 Å². The van der Waals surface area contributed by atoms with E-state index < -0.39 is 80.4 Å². The Balaban J connectivity index is 1.45. The van der Waals surface area contributed by atoms with Crippen LogP contribution in [0.5, 0.6) is 5.75 Å². The Morgan fingerprint density at radius 1 is 0.889 bits per heavy atom. The van der Waals surface area contributed by atoms with Crippen molar-refractivity contribution in [1.29, 1.82) is 0 Å². The van der Waals surface area contributed by atoms with Crippen molar-refractivity contribution in [3.05, 3.63) is 59.2 Å². The number of halogens is 6. The normalized spacial score (nSPS) is 15.1. The van der Waals surface area contributed by atoms with Crippen molar-refractivity contribution in [1.82, 2.24) is 14.5 Å². The fourth-order valence-electron chi connectivity index (χ4n) is 3.32. The summed E-state index contributed by atoms with van der Waals surface area (Å²) in [5, 5.41) is 2.22. The van der Waals surface area contributed by atoms with Gasteiger partial charge in [-0.15, -0.1) is 0 Å². The van der Waals surface area contributed by atoms with Gasteiger partial charge >= 0.3 is 0 Å². The van der Waals surface area contributed by atoms with Gasteiger partial charge in [-0.1, -0.05) is 6.07 Å². The largest absolute Gasteiger partial charge is 0.479 e. The lowest BCUT2D eigenvalue weighted by Gasteiger charge is -2.33. The Hall–Kier alpha value is -3.17. The molecule has 1 heterocycles. The third-order valence-corrected chi connectivity index (χ3v) is 7.10. The van der Waals surface area contributed by atoms with Crippen LogP contribution in [0.25, 0.3) is 0 Å². The Labute approximate surface area is 201 Å². The number of hydrogen-bond acceptors (Lipinski definition) is 6. The molecule has 1 aliphatic rings. The molecule has 3 rings (SSSR count). The van der Waals surface area contributed by atoms with E-state index in [0.29, 0.717) is 0 Å². The minimum atomic E-state index is -4.44. The van der Waals surface area contributed by atoms with Crippen LogP contribution in [0.3, 0.4) is 0 Å². The van der Waals surface area contributed by atoms with E-state index in [1.54, 1.807) is 0 Å². The molecule has 0 spiro atoms. The standard InChI is InChI=1S/C21H19F6N3O5S/c22-13-2-1-3-14(23)21(13)36(33,34)30-6-4-29(5-7-30)10-17(32)28-9-12(31)11-35-20-18(26)15(24)8-16(25)19(20)27/h1-3,8H,4-7,9-11H2,(H,28,32). The molecule has 1 N–H and O–H groups in total. The Kier molecular flexibility index (Phi) is 8.58. The van der Waals surface area contributed by atoms with Crippen LogP contribution in [0, 0.1) is 34.9 Å². The van der Waals surface area contributed by atoms with Gasteiger partial charge in [0.05, 0.1) is 13.1 Å². The van der Waals surface area contributed by atoms with E-state index in [4.69, 9.17) is 0 Å². The van der Waals surface area contributed by atoms with Crippen molar-refractivity contribution in [2.24, 2.45) is 0 Å². The maximum absolute atomic E-state index is 13.9. The predicted octanol–water partition coefficient (Wildman–Crippen LogP) is 1.59. The third-order valence-electron chi connectivity index (χ3n) is 5.15. The molecule has 0 aliphatic carbocycles. The first-order valence-corrected chi connectivity index (χ1v) is 11.8. The van der Waals surface area contributed by atoms with Crippen molar-refractivity contribution >= 4 is 21.7 Å². The first-order chi connectivity index (χ1) is 16.9. The van der Waals surface area contributed by atoms with Gasteiger partial charge in [-0.3, -0.25) is 14.5 Å². The highest BCUT2D eigenvalue weighted by atomic mass is 32.2. The van der Waals surface area contributed by atoms with Crippen LogP contribution in [0.4, 0.5) is 26.3 Å². The number of rotatable bonds is 9. The number of carbonyl (C=O) groups excluding carboxylic acids is 2. The number of nitrogens with one attached hydrogen (secondary N) is 1. The van der Waals surface area contributed by atoms with Gasteiger partial charge in [0.15, 0.2) is 28.1 Å². The quantitative estimate of drug-likeness (QED) is 0.384. The molecule has 2 aromatic carbocycles. The van der Waals surface area contributed by atoms with E-state index >= 15 is 0 Å². The summed E-state index contributed by atoms with van der Waals surface area (Å²) in [6, 6.07) is 2.67. The molecule has 0 aromatic heterocycles. The molecular formula is C21H19F6N3O5S. The summed E-state index contributed by atoms with van der Waals surface area (Å²) in [5.41, 5.74) is 0. The zero-order valence-corrected chi connectivity index (χ0v) is 19.2. The summed E-state index contributed by atoms with van der Waals surface area (Å²) in [6.07, 6.45) is 0. The highest BCUT2D eigenvalue weighted by molar-refractivity contribution is 7.89. The maximum atomic E-state index is 13.9. The van der Waals surface area contributed by atoms with Gasteiger partial charge in [0, 0.05) is 32.2 Å². The molecule has 1 fully saturated rings. The Bertz CT molecular complexity index is 1220. The molecule has 1 saturated heterocycles. The van der Waals surface area contributed by atoms with Crippen molar-refractivity contribution < 1.29 is 49.1 Å². The van der Waals surface area contributed by atoms with Crippen molar-refractivity contribution in [2.75, 3.05) is 45.9 Å². The number of nitrogens with zero attached hydrogens (tertiary/aromatic N) is 2. The predicted molar refractivity (Wildman–Crippen MR) is 111 cm³/mol. The SMILES string of the molecule is O=C(CNC(=O)CN1CCN(S(=O)(=O)c2c(F)cccc2F)CC1)COc1c(F)c(F)cc(F)c1F. The zero-order valence-electron chi connectivity index (χ0n) is 18.4. The number of carbonyl (C=O) groups is 2. The number of amides is 1. The van der Waals surface area contributed by atoms with Gasteiger partial charge in [0.25, 0.3) is 0 Å². The van der Waals surface area contributed by atoms with Crippen LogP contribution in [-0.2, 0) is 19.6 Å². The molecule has 36 heavy (non-hydrogen) atoms. The van der Waals surface area contributed by atoms with Gasteiger partial charge in [-0.25, -0.2) is 26.0 Å². The first kappa shape index (κ1) is 27.4. The lowest BCUT2D eigenvalue weighted by molar-refractivity contribution is -0.126. The molecule has 0 unspecified atom stereocenters. The molecule has 8 nitrogen and oxygen atoms in total. The summed E-state index contributed by atoms with van der Waals surface area (Å²) in [6.45, 7) is -2.09. The molecule has 2 aromatic rings. The van der Waals surface area contributed by atoms with E-state index in [1.165, 1.54) is 4.90 Å².